The summed E-state index contributed by atoms with van der Waals surface area (Å²) in [5, 5.41) is -0.961. The molecule has 0 saturated carbocycles. The normalized spacial score (nSPS) is 12.2. The molecule has 1 unspecified atom stereocenters. The third-order valence-electron chi connectivity index (χ3n) is 1.48. The second kappa shape index (κ2) is 4.15. The Balaban J connectivity index is 3.13. The first-order valence-corrected chi connectivity index (χ1v) is 4.51. The number of ether oxygens (including phenoxy) is 1. The fraction of sp³-hybridized carbons (Fsp3) is 0.125. The van der Waals surface area contributed by atoms with Gasteiger partial charge in [0, 0.05) is 11.1 Å². The summed E-state index contributed by atoms with van der Waals surface area (Å²) >= 11 is -2.74. The fourth-order valence-electron chi connectivity index (χ4n) is 0.903. The second-order valence-corrected chi connectivity index (χ2v) is 3.06. The molecule has 70 valence electrons. The van der Waals surface area contributed by atoms with Crippen molar-refractivity contribution in [2.24, 2.45) is 0 Å². The lowest BCUT2D eigenvalue weighted by Crippen LogP contribution is -2.07. The highest BCUT2D eigenvalue weighted by Gasteiger charge is 2.11. The van der Waals surface area contributed by atoms with Gasteiger partial charge in [-0.3, -0.25) is 9.00 Å². The van der Waals surface area contributed by atoms with Gasteiger partial charge in [-0.15, -0.1) is 0 Å². The SMILES string of the molecule is COc1ccccc1C(=O)S(=O)[O-]. The van der Waals surface area contributed by atoms with Gasteiger partial charge in [0.15, 0.2) is 0 Å². The molecular weight excluding hydrogens is 192 g/mol. The number of carbonyl (C=O) groups excluding carboxylic acids is 1. The van der Waals surface area contributed by atoms with Crippen molar-refractivity contribution in [3.63, 3.8) is 0 Å². The molecular formula is C8H7O4S-. The molecule has 0 saturated heterocycles. The van der Waals surface area contributed by atoms with Gasteiger partial charge in [-0.25, -0.2) is 0 Å². The highest BCUT2D eigenvalue weighted by Crippen LogP contribution is 2.18. The van der Waals surface area contributed by atoms with E-state index in [0.29, 0.717) is 0 Å². The van der Waals surface area contributed by atoms with E-state index in [1.165, 1.54) is 19.2 Å². The van der Waals surface area contributed by atoms with E-state index in [1.807, 2.05) is 0 Å². The molecule has 0 aliphatic heterocycles. The van der Waals surface area contributed by atoms with Gasteiger partial charge in [0.05, 0.1) is 12.7 Å². The Hall–Kier alpha value is -1.20. The summed E-state index contributed by atoms with van der Waals surface area (Å²) < 4.78 is 25.5. The third-order valence-corrected chi connectivity index (χ3v) is 2.00. The van der Waals surface area contributed by atoms with Crippen LogP contribution in [0.15, 0.2) is 24.3 Å². The van der Waals surface area contributed by atoms with Crippen molar-refractivity contribution in [3.05, 3.63) is 29.8 Å². The zero-order valence-corrected chi connectivity index (χ0v) is 7.67. The summed E-state index contributed by atoms with van der Waals surface area (Å²) in [5.41, 5.74) is 0.0540. The molecule has 0 aliphatic rings. The van der Waals surface area contributed by atoms with E-state index in [4.69, 9.17) is 4.74 Å². The number of carbonyl (C=O) groups is 1. The standard InChI is InChI=1S/C8H8O4S/c1-12-7-5-3-2-4-6(7)8(9)13(10)11/h2-5H,1H3,(H,10,11)/p-1. The van der Waals surface area contributed by atoms with Crippen LogP contribution in [-0.2, 0) is 11.1 Å². The number of hydrogen-bond acceptors (Lipinski definition) is 4. The summed E-state index contributed by atoms with van der Waals surface area (Å²) in [6.07, 6.45) is 0. The predicted octanol–water partition coefficient (Wildman–Crippen LogP) is 0.715. The highest BCUT2D eigenvalue weighted by molar-refractivity contribution is 7.95. The third kappa shape index (κ3) is 2.13. The summed E-state index contributed by atoms with van der Waals surface area (Å²) in [4.78, 5) is 11.0. The molecule has 0 spiro atoms. The first-order valence-electron chi connectivity index (χ1n) is 3.43. The monoisotopic (exact) mass is 199 g/mol. The topological polar surface area (TPSA) is 66.4 Å². The van der Waals surface area contributed by atoms with Crippen molar-refractivity contribution in [1.82, 2.24) is 0 Å². The van der Waals surface area contributed by atoms with Gasteiger partial charge in [0.25, 0.3) is 0 Å². The minimum Gasteiger partial charge on any atom is -0.766 e. The number of hydrogen-bond donors (Lipinski definition) is 0. The van der Waals surface area contributed by atoms with E-state index in [2.05, 4.69) is 0 Å². The molecule has 0 N–H and O–H groups in total. The van der Waals surface area contributed by atoms with Gasteiger partial charge in [-0.1, -0.05) is 12.1 Å². The van der Waals surface area contributed by atoms with Crippen molar-refractivity contribution >= 4 is 16.2 Å². The number of methoxy groups -OCH3 is 1. The van der Waals surface area contributed by atoms with E-state index in [0.717, 1.165) is 0 Å². The lowest BCUT2D eigenvalue weighted by atomic mass is 10.2. The van der Waals surface area contributed by atoms with E-state index >= 15 is 0 Å². The van der Waals surface area contributed by atoms with E-state index < -0.39 is 16.2 Å². The Kier molecular flexibility index (Phi) is 3.16. The highest BCUT2D eigenvalue weighted by atomic mass is 32.2. The van der Waals surface area contributed by atoms with Crippen molar-refractivity contribution in [1.29, 1.82) is 0 Å². The van der Waals surface area contributed by atoms with Gasteiger partial charge >= 0.3 is 0 Å². The Morgan fingerprint density at radius 1 is 1.46 bits per heavy atom. The Bertz CT molecular complexity index is 348. The number of rotatable bonds is 2. The van der Waals surface area contributed by atoms with Gasteiger partial charge in [0.2, 0.25) is 5.12 Å². The van der Waals surface area contributed by atoms with Crippen LogP contribution in [0.2, 0.25) is 0 Å². The Morgan fingerprint density at radius 2 is 2.08 bits per heavy atom. The molecule has 1 atom stereocenters. The van der Waals surface area contributed by atoms with Crippen LogP contribution in [0.4, 0.5) is 0 Å². The van der Waals surface area contributed by atoms with Crippen molar-refractivity contribution in [3.8, 4) is 5.75 Å². The summed E-state index contributed by atoms with van der Waals surface area (Å²) in [6.45, 7) is 0. The minimum absolute atomic E-state index is 0.0540. The van der Waals surface area contributed by atoms with Gasteiger partial charge < -0.3 is 9.29 Å². The quantitative estimate of drug-likeness (QED) is 0.658. The first kappa shape index (κ1) is 9.88. The molecule has 0 bridgehead atoms. The summed E-state index contributed by atoms with van der Waals surface area (Å²) in [7, 11) is 1.37. The van der Waals surface area contributed by atoms with Crippen molar-refractivity contribution in [2.75, 3.05) is 7.11 Å². The van der Waals surface area contributed by atoms with Gasteiger partial charge in [-0.2, -0.15) is 0 Å². The van der Waals surface area contributed by atoms with Crippen LogP contribution in [0.5, 0.6) is 5.75 Å². The lowest BCUT2D eigenvalue weighted by Gasteiger charge is -2.07. The summed E-state index contributed by atoms with van der Waals surface area (Å²) in [6, 6.07) is 6.16. The molecule has 0 heterocycles. The maximum absolute atomic E-state index is 11.0. The molecule has 0 radical (unpaired) electrons. The fourth-order valence-corrected chi connectivity index (χ4v) is 1.25. The predicted molar refractivity (Wildman–Crippen MR) is 46.2 cm³/mol. The summed E-state index contributed by atoms with van der Waals surface area (Å²) in [5.74, 6) is 0.261. The molecule has 0 aliphatic carbocycles. The van der Waals surface area contributed by atoms with Gasteiger partial charge in [0.1, 0.15) is 5.75 Å². The molecule has 1 aromatic rings. The molecule has 0 amide bonds. The zero-order chi connectivity index (χ0) is 9.84. The number of benzene rings is 1. The van der Waals surface area contributed by atoms with Crippen molar-refractivity contribution in [2.45, 2.75) is 0 Å². The van der Waals surface area contributed by atoms with E-state index in [-0.39, 0.29) is 11.3 Å². The Labute approximate surface area is 77.8 Å². The Morgan fingerprint density at radius 3 is 2.62 bits per heavy atom. The molecule has 4 nitrogen and oxygen atoms in total. The maximum Gasteiger partial charge on any atom is 0.239 e. The van der Waals surface area contributed by atoms with E-state index in [1.54, 1.807) is 12.1 Å². The van der Waals surface area contributed by atoms with Gasteiger partial charge in [-0.05, 0) is 12.1 Å². The van der Waals surface area contributed by atoms with Crippen LogP contribution in [0.1, 0.15) is 10.4 Å². The van der Waals surface area contributed by atoms with Crippen LogP contribution in [0.3, 0.4) is 0 Å². The van der Waals surface area contributed by atoms with Crippen LogP contribution in [-0.4, -0.2) is 21.0 Å². The molecule has 13 heavy (non-hydrogen) atoms. The number of para-hydroxylation sites is 1. The smallest absolute Gasteiger partial charge is 0.239 e. The van der Waals surface area contributed by atoms with Crippen LogP contribution < -0.4 is 4.74 Å². The zero-order valence-electron chi connectivity index (χ0n) is 6.85. The van der Waals surface area contributed by atoms with E-state index in [9.17, 15) is 13.6 Å². The average Bonchev–Trinajstić information content (AvgIpc) is 2.16. The average molecular weight is 199 g/mol. The van der Waals surface area contributed by atoms with Crippen molar-refractivity contribution < 1.29 is 18.3 Å². The first-order chi connectivity index (χ1) is 6.16. The second-order valence-electron chi connectivity index (χ2n) is 2.22. The largest absolute Gasteiger partial charge is 0.766 e. The van der Waals surface area contributed by atoms with Crippen LogP contribution in [0.25, 0.3) is 0 Å². The molecule has 0 fully saturated rings. The molecule has 1 rings (SSSR count). The maximum atomic E-state index is 11.0. The minimum atomic E-state index is -2.74. The molecule has 1 aromatic carbocycles. The van der Waals surface area contributed by atoms with Crippen LogP contribution in [0, 0.1) is 0 Å². The lowest BCUT2D eigenvalue weighted by molar-refractivity contribution is 0.107. The molecule has 0 aromatic heterocycles. The van der Waals surface area contributed by atoms with Crippen LogP contribution >= 0.6 is 0 Å². The molecule has 5 heteroatoms.